The van der Waals surface area contributed by atoms with Gasteiger partial charge in [0, 0.05) is 18.3 Å². The van der Waals surface area contributed by atoms with Crippen molar-refractivity contribution in [3.8, 4) is 0 Å². The molecule has 128 valence electrons. The van der Waals surface area contributed by atoms with Crippen LogP contribution < -0.4 is 0 Å². The Hall–Kier alpha value is -0.660. The zero-order valence-electron chi connectivity index (χ0n) is 14.9. The van der Waals surface area contributed by atoms with E-state index < -0.39 is 6.17 Å². The normalized spacial score (nSPS) is 54.5. The molecule has 0 aromatic rings. The number of halogens is 1. The van der Waals surface area contributed by atoms with E-state index in [4.69, 9.17) is 0 Å². The quantitative estimate of drug-likeness (QED) is 0.540. The monoisotopic (exact) mass is 318 g/mol. The molecule has 0 saturated heterocycles. The minimum absolute atomic E-state index is 0.294. The van der Waals surface area contributed by atoms with Gasteiger partial charge in [0.1, 0.15) is 12.0 Å². The number of ketones is 1. The molecule has 1 nitrogen and oxygen atoms in total. The van der Waals surface area contributed by atoms with Crippen LogP contribution in [-0.4, -0.2) is 12.0 Å². The van der Waals surface area contributed by atoms with Crippen LogP contribution in [0.25, 0.3) is 0 Å². The molecule has 2 heteroatoms. The van der Waals surface area contributed by atoms with Crippen molar-refractivity contribution in [2.75, 3.05) is 0 Å². The van der Waals surface area contributed by atoms with Gasteiger partial charge in [0.15, 0.2) is 0 Å². The van der Waals surface area contributed by atoms with Gasteiger partial charge >= 0.3 is 0 Å². The third-order valence-electron chi connectivity index (χ3n) is 8.56. The first-order valence-corrected chi connectivity index (χ1v) is 9.71. The van der Waals surface area contributed by atoms with E-state index in [1.807, 2.05) is 0 Å². The van der Waals surface area contributed by atoms with Gasteiger partial charge in [0.25, 0.3) is 0 Å². The SMILES string of the molecule is C/C=C1/CC[C@H]2C3C[C@@H](F)[C@]4(C)CC(=O)CC[C@@H]4[C@H]3CC[C@]12C. The van der Waals surface area contributed by atoms with Crippen LogP contribution in [0.2, 0.25) is 0 Å². The lowest BCUT2D eigenvalue weighted by atomic mass is 9.46. The molecule has 1 unspecified atom stereocenters. The van der Waals surface area contributed by atoms with Crippen molar-refractivity contribution in [1.29, 1.82) is 0 Å². The predicted octanol–water partition coefficient (Wildman–Crippen LogP) is 5.49. The Morgan fingerprint density at radius 1 is 1.09 bits per heavy atom. The highest BCUT2D eigenvalue weighted by atomic mass is 19.1. The molecule has 4 aliphatic rings. The zero-order chi connectivity index (χ0) is 16.4. The molecule has 0 spiro atoms. The molecular formula is C21H31FO. The van der Waals surface area contributed by atoms with Crippen molar-refractivity contribution in [2.45, 2.75) is 78.3 Å². The van der Waals surface area contributed by atoms with Gasteiger partial charge in [-0.25, -0.2) is 4.39 Å². The summed E-state index contributed by atoms with van der Waals surface area (Å²) in [6.07, 6.45) is 9.38. The molecule has 4 rings (SSSR count). The van der Waals surface area contributed by atoms with Gasteiger partial charge < -0.3 is 0 Å². The molecule has 0 aromatic heterocycles. The lowest BCUT2D eigenvalue weighted by Gasteiger charge is -2.59. The number of carbonyl (C=O) groups excluding carboxylic acids is 1. The summed E-state index contributed by atoms with van der Waals surface area (Å²) < 4.78 is 15.2. The number of fused-ring (bicyclic) bond motifs is 5. The Labute approximate surface area is 140 Å². The molecule has 0 bridgehead atoms. The van der Waals surface area contributed by atoms with E-state index >= 15 is 4.39 Å². The molecule has 23 heavy (non-hydrogen) atoms. The van der Waals surface area contributed by atoms with Crippen molar-refractivity contribution < 1.29 is 9.18 Å². The Bertz CT molecular complexity index is 552. The first-order chi connectivity index (χ1) is 10.9. The van der Waals surface area contributed by atoms with E-state index in [0.717, 1.165) is 6.42 Å². The molecule has 0 radical (unpaired) electrons. The first kappa shape index (κ1) is 15.8. The van der Waals surface area contributed by atoms with Gasteiger partial charge in [-0.2, -0.15) is 0 Å². The summed E-state index contributed by atoms with van der Waals surface area (Å²) in [6, 6.07) is 0. The van der Waals surface area contributed by atoms with E-state index in [0.29, 0.717) is 54.1 Å². The minimum Gasteiger partial charge on any atom is -0.300 e. The summed E-state index contributed by atoms with van der Waals surface area (Å²) in [5.74, 6) is 2.62. The van der Waals surface area contributed by atoms with Crippen LogP contribution in [0.4, 0.5) is 4.39 Å². The number of alkyl halides is 1. The molecule has 0 aliphatic heterocycles. The predicted molar refractivity (Wildman–Crippen MR) is 90.8 cm³/mol. The van der Waals surface area contributed by atoms with E-state index in [-0.39, 0.29) is 5.41 Å². The van der Waals surface area contributed by atoms with E-state index in [9.17, 15) is 4.79 Å². The summed E-state index contributed by atoms with van der Waals surface area (Å²) in [5, 5.41) is 0. The second kappa shape index (κ2) is 5.17. The number of carbonyl (C=O) groups is 1. The average molecular weight is 318 g/mol. The molecular weight excluding hydrogens is 287 g/mol. The van der Waals surface area contributed by atoms with Crippen molar-refractivity contribution in [2.24, 2.45) is 34.5 Å². The van der Waals surface area contributed by atoms with Crippen LogP contribution in [0, 0.1) is 34.5 Å². The second-order valence-electron chi connectivity index (χ2n) is 9.31. The molecule has 4 saturated carbocycles. The third kappa shape index (κ3) is 2.05. The highest BCUT2D eigenvalue weighted by Gasteiger charge is 2.60. The minimum atomic E-state index is -0.782. The maximum absolute atomic E-state index is 15.2. The molecule has 0 amide bonds. The molecule has 0 N–H and O–H groups in total. The summed E-state index contributed by atoms with van der Waals surface area (Å²) in [6.45, 7) is 6.70. The van der Waals surface area contributed by atoms with Gasteiger partial charge in [0.2, 0.25) is 0 Å². The second-order valence-corrected chi connectivity index (χ2v) is 9.31. The largest absolute Gasteiger partial charge is 0.300 e. The van der Waals surface area contributed by atoms with Crippen molar-refractivity contribution >= 4 is 5.78 Å². The highest BCUT2D eigenvalue weighted by molar-refractivity contribution is 5.80. The fourth-order valence-electron chi connectivity index (χ4n) is 7.32. The van der Waals surface area contributed by atoms with Crippen molar-refractivity contribution in [3.63, 3.8) is 0 Å². The third-order valence-corrected chi connectivity index (χ3v) is 8.56. The topological polar surface area (TPSA) is 17.1 Å². The Morgan fingerprint density at radius 2 is 1.83 bits per heavy atom. The summed E-state index contributed by atoms with van der Waals surface area (Å²) in [4.78, 5) is 12.0. The van der Waals surface area contributed by atoms with Crippen LogP contribution in [0.5, 0.6) is 0 Å². The summed E-state index contributed by atoms with van der Waals surface area (Å²) in [7, 11) is 0. The average Bonchev–Trinajstić information content (AvgIpc) is 2.84. The maximum Gasteiger partial charge on any atom is 0.133 e. The highest BCUT2D eigenvalue weighted by Crippen LogP contribution is 2.66. The number of Topliss-reactive ketones (excluding diaryl/α,β-unsaturated/α-hetero) is 1. The maximum atomic E-state index is 15.2. The van der Waals surface area contributed by atoms with Gasteiger partial charge in [-0.1, -0.05) is 25.5 Å². The lowest BCUT2D eigenvalue weighted by Crippen LogP contribution is -2.56. The van der Waals surface area contributed by atoms with Crippen LogP contribution in [0.1, 0.15) is 72.1 Å². The Morgan fingerprint density at radius 3 is 2.57 bits per heavy atom. The van der Waals surface area contributed by atoms with Crippen LogP contribution >= 0.6 is 0 Å². The summed E-state index contributed by atoms with van der Waals surface area (Å²) >= 11 is 0. The zero-order valence-corrected chi connectivity index (χ0v) is 14.9. The van der Waals surface area contributed by atoms with Crippen LogP contribution in [-0.2, 0) is 4.79 Å². The number of hydrogen-bond donors (Lipinski definition) is 0. The Kier molecular flexibility index (Phi) is 3.56. The van der Waals surface area contributed by atoms with Gasteiger partial charge in [0.05, 0.1) is 0 Å². The van der Waals surface area contributed by atoms with Crippen LogP contribution in [0.3, 0.4) is 0 Å². The molecule has 4 aliphatic carbocycles. The summed E-state index contributed by atoms with van der Waals surface area (Å²) in [5.41, 5.74) is 1.59. The number of hydrogen-bond acceptors (Lipinski definition) is 1. The number of rotatable bonds is 0. The van der Waals surface area contributed by atoms with Gasteiger partial charge in [-0.15, -0.1) is 0 Å². The smallest absolute Gasteiger partial charge is 0.133 e. The lowest BCUT2D eigenvalue weighted by molar-refractivity contribution is -0.147. The van der Waals surface area contributed by atoms with Gasteiger partial charge in [-0.3, -0.25) is 4.79 Å². The molecule has 7 atom stereocenters. The molecule has 4 fully saturated rings. The van der Waals surface area contributed by atoms with Gasteiger partial charge in [-0.05, 0) is 74.5 Å². The molecule has 0 heterocycles. The number of allylic oxidation sites excluding steroid dienone is 2. The van der Waals surface area contributed by atoms with Crippen LogP contribution in [0.15, 0.2) is 11.6 Å². The van der Waals surface area contributed by atoms with E-state index in [1.165, 1.54) is 25.7 Å². The Balaban J connectivity index is 1.67. The fraction of sp³-hybridized carbons (Fsp3) is 0.857. The van der Waals surface area contributed by atoms with Crippen molar-refractivity contribution in [1.82, 2.24) is 0 Å². The molecule has 0 aromatic carbocycles. The first-order valence-electron chi connectivity index (χ1n) is 9.71. The standard InChI is InChI=1S/C21H31FO/c1-4-13-5-7-18-16-11-19(22)21(3)12-14(23)6-8-17(21)15(16)9-10-20(13,18)2/h4,15-19H,5-12H2,1-3H3/b13-4-/t15-,16?,17+,18-,19+,20+,21+/m0/s1. The van der Waals surface area contributed by atoms with E-state index in [1.54, 1.807) is 5.57 Å². The van der Waals surface area contributed by atoms with Crippen molar-refractivity contribution in [3.05, 3.63) is 11.6 Å². The van der Waals surface area contributed by atoms with E-state index in [2.05, 4.69) is 26.8 Å². The fourth-order valence-corrected chi connectivity index (χ4v) is 7.32.